The normalized spacial score (nSPS) is 13.9. The maximum absolute atomic E-state index is 14.7. The molecule has 2 N–H and O–H groups in total. The number of rotatable bonds is 8. The van der Waals surface area contributed by atoms with Gasteiger partial charge < -0.3 is 24.2 Å². The lowest BCUT2D eigenvalue weighted by Crippen LogP contribution is -2.26. The first-order valence-electron chi connectivity index (χ1n) is 10.7. The SMILES string of the molecule is CN1CCc2cc(F)c(Nc3ncc(Cl)c(Nc4ccc(OS(=O)(=O)F)cc4OP(C)C)n3)cc2C1. The summed E-state index contributed by atoms with van der Waals surface area (Å²) in [6.45, 7) is 5.23. The Morgan fingerprint density at radius 3 is 2.64 bits per heavy atom. The molecule has 0 saturated carbocycles. The summed E-state index contributed by atoms with van der Waals surface area (Å²) in [6.07, 6.45) is 2.13. The minimum Gasteiger partial charge on any atom is -0.472 e. The Morgan fingerprint density at radius 2 is 1.92 bits per heavy atom. The Bertz CT molecular complexity index is 1400. The van der Waals surface area contributed by atoms with Gasteiger partial charge in [0.25, 0.3) is 0 Å². The summed E-state index contributed by atoms with van der Waals surface area (Å²) in [7, 11) is -4.13. The molecular formula is C22H23ClF2N5O4PS. The molecule has 9 nitrogen and oxygen atoms in total. The van der Waals surface area contributed by atoms with Gasteiger partial charge in [0.15, 0.2) is 5.82 Å². The minimum absolute atomic E-state index is 0.101. The second-order valence-corrected chi connectivity index (χ2v) is 11.4. The molecule has 2 heterocycles. The number of benzene rings is 2. The van der Waals surface area contributed by atoms with Gasteiger partial charge in [-0.1, -0.05) is 15.5 Å². The van der Waals surface area contributed by atoms with Crippen LogP contribution in [0.25, 0.3) is 0 Å². The second kappa shape index (κ2) is 10.7. The highest BCUT2D eigenvalue weighted by Crippen LogP contribution is 2.40. The maximum Gasteiger partial charge on any atom is 0.488 e. The van der Waals surface area contributed by atoms with E-state index in [2.05, 4.69) is 29.7 Å². The zero-order valence-corrected chi connectivity index (χ0v) is 22.0. The van der Waals surface area contributed by atoms with Crippen LogP contribution in [0.4, 0.5) is 31.4 Å². The molecule has 4 rings (SSSR count). The number of likely N-dealkylation sites (N-methyl/N-ethyl adjacent to an activating group) is 1. The van der Waals surface area contributed by atoms with Crippen molar-refractivity contribution in [3.05, 3.63) is 58.5 Å². The van der Waals surface area contributed by atoms with Gasteiger partial charge in [0, 0.05) is 19.2 Å². The Kier molecular flexibility index (Phi) is 7.79. The smallest absolute Gasteiger partial charge is 0.472 e. The first-order valence-corrected chi connectivity index (χ1v) is 14.5. The van der Waals surface area contributed by atoms with Crippen molar-refractivity contribution in [3.63, 3.8) is 0 Å². The molecule has 192 valence electrons. The van der Waals surface area contributed by atoms with Crippen molar-refractivity contribution in [2.75, 3.05) is 37.6 Å². The third kappa shape index (κ3) is 6.70. The molecule has 0 fully saturated rings. The summed E-state index contributed by atoms with van der Waals surface area (Å²) in [6, 6.07) is 7.18. The van der Waals surface area contributed by atoms with Crippen LogP contribution in [0.2, 0.25) is 5.02 Å². The summed E-state index contributed by atoms with van der Waals surface area (Å²) in [5.74, 6) is -0.204. The van der Waals surface area contributed by atoms with Crippen LogP contribution >= 0.6 is 19.7 Å². The molecule has 1 aliphatic rings. The first kappa shape index (κ1) is 26.3. The molecule has 0 bridgehead atoms. The number of hydrogen-bond acceptors (Lipinski definition) is 9. The summed E-state index contributed by atoms with van der Waals surface area (Å²) < 4.78 is 59.5. The van der Waals surface area contributed by atoms with Gasteiger partial charge in [0.2, 0.25) is 5.95 Å². The molecule has 3 aromatic rings. The molecule has 0 atom stereocenters. The van der Waals surface area contributed by atoms with E-state index >= 15 is 0 Å². The average molecular weight is 558 g/mol. The number of nitrogens with one attached hydrogen (secondary N) is 2. The summed E-state index contributed by atoms with van der Waals surface area (Å²) >= 11 is 6.28. The molecule has 1 aromatic heterocycles. The molecule has 2 aromatic carbocycles. The highest BCUT2D eigenvalue weighted by molar-refractivity contribution is 7.81. The Balaban J connectivity index is 1.61. The zero-order chi connectivity index (χ0) is 26.0. The van der Waals surface area contributed by atoms with E-state index in [0.29, 0.717) is 12.2 Å². The second-order valence-electron chi connectivity index (χ2n) is 8.27. The van der Waals surface area contributed by atoms with Crippen LogP contribution in [0.1, 0.15) is 11.1 Å². The lowest BCUT2D eigenvalue weighted by molar-refractivity contribution is 0.312. The van der Waals surface area contributed by atoms with Crippen LogP contribution in [0.15, 0.2) is 36.5 Å². The lowest BCUT2D eigenvalue weighted by atomic mass is 9.99. The largest absolute Gasteiger partial charge is 0.488 e. The van der Waals surface area contributed by atoms with Gasteiger partial charge in [-0.05, 0) is 62.2 Å². The van der Waals surface area contributed by atoms with Crippen molar-refractivity contribution in [1.29, 1.82) is 0 Å². The number of fused-ring (bicyclic) bond motifs is 1. The van der Waals surface area contributed by atoms with E-state index < -0.39 is 24.5 Å². The Hall–Kier alpha value is -2.79. The van der Waals surface area contributed by atoms with Crippen molar-refractivity contribution >= 4 is 53.4 Å². The van der Waals surface area contributed by atoms with E-state index in [1.165, 1.54) is 30.5 Å². The molecule has 36 heavy (non-hydrogen) atoms. The third-order valence-electron chi connectivity index (χ3n) is 5.17. The zero-order valence-electron chi connectivity index (χ0n) is 19.5. The van der Waals surface area contributed by atoms with Crippen molar-refractivity contribution in [2.45, 2.75) is 13.0 Å². The van der Waals surface area contributed by atoms with Crippen LogP contribution in [-0.4, -0.2) is 50.2 Å². The summed E-state index contributed by atoms with van der Waals surface area (Å²) in [5.41, 5.74) is 2.60. The first-order chi connectivity index (χ1) is 17.0. The molecule has 0 saturated heterocycles. The highest BCUT2D eigenvalue weighted by atomic mass is 35.5. The van der Waals surface area contributed by atoms with Crippen LogP contribution in [0, 0.1) is 5.82 Å². The number of halogens is 3. The molecular weight excluding hydrogens is 535 g/mol. The maximum atomic E-state index is 14.7. The van der Waals surface area contributed by atoms with E-state index in [9.17, 15) is 16.7 Å². The predicted octanol–water partition coefficient (Wildman–Crippen LogP) is 5.37. The van der Waals surface area contributed by atoms with E-state index in [4.69, 9.17) is 16.1 Å². The van der Waals surface area contributed by atoms with Gasteiger partial charge in [-0.15, -0.1) is 0 Å². The topological polar surface area (TPSA) is 106 Å². The van der Waals surface area contributed by atoms with Gasteiger partial charge in [-0.2, -0.15) is 13.4 Å². The fourth-order valence-corrected chi connectivity index (χ4v) is 4.64. The van der Waals surface area contributed by atoms with Crippen LogP contribution in [0.5, 0.6) is 11.5 Å². The summed E-state index contributed by atoms with van der Waals surface area (Å²) in [5, 5.41) is 6.06. The fraction of sp³-hybridized carbons (Fsp3) is 0.273. The predicted molar refractivity (Wildman–Crippen MR) is 137 cm³/mol. The summed E-state index contributed by atoms with van der Waals surface area (Å²) in [4.78, 5) is 10.6. The average Bonchev–Trinajstić information content (AvgIpc) is 2.77. The van der Waals surface area contributed by atoms with Crippen molar-refractivity contribution in [2.24, 2.45) is 0 Å². The van der Waals surface area contributed by atoms with Crippen LogP contribution in [-0.2, 0) is 23.5 Å². The highest BCUT2D eigenvalue weighted by Gasteiger charge is 2.18. The monoisotopic (exact) mass is 557 g/mol. The van der Waals surface area contributed by atoms with Crippen molar-refractivity contribution in [1.82, 2.24) is 14.9 Å². The molecule has 0 unspecified atom stereocenters. The standard InChI is InChI=1S/C22H23ClF2N5O4PS/c1-30-7-6-13-8-17(24)19(9-14(13)12-30)28-22-26-11-16(23)21(29-22)27-18-5-4-15(34-36(25,31)32)10-20(18)33-35(2)3/h4-5,8-11H,6-7,12H2,1-3H3,(H2,26,27,28,29). The quantitative estimate of drug-likeness (QED) is 0.279. The molecule has 0 amide bonds. The van der Waals surface area contributed by atoms with Gasteiger partial charge >= 0.3 is 10.5 Å². The van der Waals surface area contributed by atoms with Gasteiger partial charge in [-0.25, -0.2) is 9.37 Å². The van der Waals surface area contributed by atoms with Gasteiger partial charge in [0.05, 0.1) is 25.7 Å². The van der Waals surface area contributed by atoms with Crippen LogP contribution in [0.3, 0.4) is 0 Å². The lowest BCUT2D eigenvalue weighted by Gasteiger charge is -2.25. The van der Waals surface area contributed by atoms with E-state index in [-0.39, 0.29) is 34.0 Å². The molecule has 14 heteroatoms. The molecule has 0 radical (unpaired) electrons. The fourth-order valence-electron chi connectivity index (χ4n) is 3.62. The molecule has 0 aliphatic carbocycles. The number of hydrogen-bond donors (Lipinski definition) is 2. The number of anilines is 4. The minimum atomic E-state index is -5.20. The van der Waals surface area contributed by atoms with E-state index in [1.54, 1.807) is 6.07 Å². The van der Waals surface area contributed by atoms with E-state index in [0.717, 1.165) is 24.1 Å². The number of aromatic nitrogens is 2. The Labute approximate surface area is 214 Å². The number of nitrogens with zero attached hydrogens (tertiary/aromatic N) is 3. The molecule has 0 spiro atoms. The third-order valence-corrected chi connectivity index (χ3v) is 6.40. The van der Waals surface area contributed by atoms with Crippen LogP contribution < -0.4 is 19.3 Å². The molecule has 1 aliphatic heterocycles. The van der Waals surface area contributed by atoms with Crippen molar-refractivity contribution in [3.8, 4) is 11.5 Å². The Morgan fingerprint density at radius 1 is 1.14 bits per heavy atom. The van der Waals surface area contributed by atoms with Gasteiger partial charge in [-0.3, -0.25) is 0 Å². The van der Waals surface area contributed by atoms with E-state index in [1.807, 2.05) is 20.4 Å². The van der Waals surface area contributed by atoms with Crippen molar-refractivity contribution < 1.29 is 25.4 Å². The van der Waals surface area contributed by atoms with Gasteiger partial charge in [0.1, 0.15) is 22.3 Å².